The Bertz CT molecular complexity index is 558. The van der Waals surface area contributed by atoms with E-state index in [1.807, 2.05) is 0 Å². The number of nitrogens with one attached hydrogen (secondary N) is 1. The number of benzene rings is 1. The molecule has 0 bridgehead atoms. The molecule has 0 radical (unpaired) electrons. The molecule has 0 fully saturated rings. The van der Waals surface area contributed by atoms with Crippen molar-refractivity contribution in [2.75, 3.05) is 6.54 Å². The maximum atomic E-state index is 13.7. The highest BCUT2D eigenvalue weighted by Gasteiger charge is 2.24. The minimum atomic E-state index is -4.09. The monoisotopic (exact) mass is 281 g/mol. The third-order valence-corrected chi connectivity index (χ3v) is 3.62. The third kappa shape index (κ3) is 2.93. The highest BCUT2D eigenvalue weighted by molar-refractivity contribution is 7.89. The van der Waals surface area contributed by atoms with Gasteiger partial charge in [0.2, 0.25) is 10.0 Å². The Balaban J connectivity index is 3.50. The van der Waals surface area contributed by atoms with Crippen LogP contribution in [0.3, 0.4) is 0 Å². The molecule has 8 heteroatoms. The average Bonchev–Trinajstić information content (AvgIpc) is 2.20. The van der Waals surface area contributed by atoms with Crippen molar-refractivity contribution < 1.29 is 22.7 Å². The number of hydrogen-bond acceptors (Lipinski definition) is 3. The molecule has 0 atom stereocenters. The largest absolute Gasteiger partial charge is 0.478 e. The van der Waals surface area contributed by atoms with E-state index in [-0.39, 0.29) is 11.6 Å². The van der Waals surface area contributed by atoms with Crippen LogP contribution >= 0.6 is 11.6 Å². The van der Waals surface area contributed by atoms with Crippen LogP contribution in [0.4, 0.5) is 4.39 Å². The lowest BCUT2D eigenvalue weighted by Gasteiger charge is -2.08. The minimum Gasteiger partial charge on any atom is -0.478 e. The van der Waals surface area contributed by atoms with Crippen molar-refractivity contribution in [2.45, 2.75) is 11.8 Å². The van der Waals surface area contributed by atoms with Gasteiger partial charge in [0.25, 0.3) is 0 Å². The molecule has 94 valence electrons. The predicted octanol–water partition coefficient (Wildman–Crippen LogP) is 1.48. The Hall–Kier alpha value is -1.18. The van der Waals surface area contributed by atoms with Gasteiger partial charge in [-0.2, -0.15) is 0 Å². The molecule has 0 amide bonds. The van der Waals surface area contributed by atoms with Gasteiger partial charge in [-0.05, 0) is 12.1 Å². The van der Waals surface area contributed by atoms with Gasteiger partial charge in [-0.1, -0.05) is 18.5 Å². The number of rotatable bonds is 4. The smallest absolute Gasteiger partial charge is 0.338 e. The molecule has 1 aromatic carbocycles. The van der Waals surface area contributed by atoms with Gasteiger partial charge in [0.05, 0.1) is 5.56 Å². The zero-order chi connectivity index (χ0) is 13.2. The fourth-order valence-electron chi connectivity index (χ4n) is 1.18. The molecule has 1 aromatic rings. The number of aromatic carboxylic acids is 1. The zero-order valence-electron chi connectivity index (χ0n) is 8.70. The Morgan fingerprint density at radius 2 is 2.12 bits per heavy atom. The Kier molecular flexibility index (Phi) is 4.07. The molecule has 17 heavy (non-hydrogen) atoms. The van der Waals surface area contributed by atoms with Crippen molar-refractivity contribution >= 4 is 27.6 Å². The molecule has 1 rings (SSSR count). The summed E-state index contributed by atoms with van der Waals surface area (Å²) in [5, 5.41) is 8.53. The van der Waals surface area contributed by atoms with E-state index in [1.54, 1.807) is 0 Å². The number of halogens is 2. The van der Waals surface area contributed by atoms with Gasteiger partial charge < -0.3 is 5.11 Å². The van der Waals surface area contributed by atoms with Crippen molar-refractivity contribution in [1.82, 2.24) is 4.72 Å². The van der Waals surface area contributed by atoms with E-state index in [0.717, 1.165) is 12.1 Å². The summed E-state index contributed by atoms with van der Waals surface area (Å²) in [7, 11) is -4.09. The summed E-state index contributed by atoms with van der Waals surface area (Å²) in [4.78, 5) is 9.92. The molecule has 0 aliphatic carbocycles. The molecule has 0 aliphatic heterocycles. The molecule has 0 aromatic heterocycles. The summed E-state index contributed by atoms with van der Waals surface area (Å²) in [5.41, 5.74) is -0.783. The van der Waals surface area contributed by atoms with Gasteiger partial charge in [0.1, 0.15) is 4.90 Å². The van der Waals surface area contributed by atoms with E-state index in [0.29, 0.717) is 0 Å². The summed E-state index contributed by atoms with van der Waals surface area (Å²) in [6.07, 6.45) is 0. The molecule has 5 nitrogen and oxygen atoms in total. The fraction of sp³-hybridized carbons (Fsp3) is 0.222. The van der Waals surface area contributed by atoms with Crippen molar-refractivity contribution in [3.63, 3.8) is 0 Å². The normalized spacial score (nSPS) is 11.5. The Labute approximate surface area is 102 Å². The lowest BCUT2D eigenvalue weighted by Crippen LogP contribution is -2.25. The standard InChI is InChI=1S/C9H9ClFNO4S/c1-2-12-17(15,16)7-4-5(10)3-6(8(7)11)9(13)14/h3-4,12H,2H2,1H3,(H,13,14). The van der Waals surface area contributed by atoms with Crippen LogP contribution in [0.1, 0.15) is 17.3 Å². The van der Waals surface area contributed by atoms with Gasteiger partial charge >= 0.3 is 5.97 Å². The fourth-order valence-corrected chi connectivity index (χ4v) is 2.63. The quantitative estimate of drug-likeness (QED) is 0.875. The number of carboxylic acid groups (broad SMARTS) is 1. The third-order valence-electron chi connectivity index (χ3n) is 1.86. The second-order valence-electron chi connectivity index (χ2n) is 3.07. The molecule has 0 aliphatic rings. The van der Waals surface area contributed by atoms with Crippen LogP contribution in [0.2, 0.25) is 5.02 Å². The van der Waals surface area contributed by atoms with Gasteiger partial charge in [-0.3, -0.25) is 0 Å². The van der Waals surface area contributed by atoms with Crippen molar-refractivity contribution in [3.05, 3.63) is 28.5 Å². The van der Waals surface area contributed by atoms with Crippen LogP contribution in [-0.2, 0) is 10.0 Å². The van der Waals surface area contributed by atoms with Gasteiger partial charge in [-0.25, -0.2) is 22.3 Å². The lowest BCUT2D eigenvalue weighted by molar-refractivity contribution is 0.0691. The summed E-state index contributed by atoms with van der Waals surface area (Å²) in [6, 6.07) is 1.71. The van der Waals surface area contributed by atoms with Gasteiger partial charge in [-0.15, -0.1) is 0 Å². The van der Waals surface area contributed by atoms with Crippen LogP contribution in [-0.4, -0.2) is 26.0 Å². The zero-order valence-corrected chi connectivity index (χ0v) is 10.3. The molecule has 0 unspecified atom stereocenters. The highest BCUT2D eigenvalue weighted by atomic mass is 35.5. The summed E-state index contributed by atoms with van der Waals surface area (Å²) < 4.78 is 38.9. The maximum absolute atomic E-state index is 13.7. The van der Waals surface area contributed by atoms with Gasteiger partial charge in [0, 0.05) is 11.6 Å². The lowest BCUT2D eigenvalue weighted by atomic mass is 10.2. The van der Waals surface area contributed by atoms with Crippen LogP contribution in [0.5, 0.6) is 0 Å². The molecule has 0 heterocycles. The van der Waals surface area contributed by atoms with Crippen LogP contribution in [0.25, 0.3) is 0 Å². The van der Waals surface area contributed by atoms with Crippen molar-refractivity contribution in [3.8, 4) is 0 Å². The van der Waals surface area contributed by atoms with Gasteiger partial charge in [0.15, 0.2) is 5.82 Å². The Morgan fingerprint density at radius 3 is 2.59 bits per heavy atom. The number of carbonyl (C=O) groups is 1. The molecular formula is C9H9ClFNO4S. The Morgan fingerprint density at radius 1 is 1.53 bits per heavy atom. The number of hydrogen-bond donors (Lipinski definition) is 2. The van der Waals surface area contributed by atoms with E-state index in [1.165, 1.54) is 6.92 Å². The second kappa shape index (κ2) is 4.99. The minimum absolute atomic E-state index is 0.0523. The molecule has 0 saturated heterocycles. The predicted molar refractivity (Wildman–Crippen MR) is 59.2 cm³/mol. The highest BCUT2D eigenvalue weighted by Crippen LogP contribution is 2.23. The first kappa shape index (κ1) is 13.9. The summed E-state index contributed by atoms with van der Waals surface area (Å²) >= 11 is 5.55. The molecule has 0 saturated carbocycles. The molecule has 0 spiro atoms. The summed E-state index contributed by atoms with van der Waals surface area (Å²) in [5.74, 6) is -2.92. The van der Waals surface area contributed by atoms with Crippen LogP contribution < -0.4 is 4.72 Å². The first-order valence-corrected chi connectivity index (χ1v) is 6.37. The van der Waals surface area contributed by atoms with Crippen molar-refractivity contribution in [1.29, 1.82) is 0 Å². The van der Waals surface area contributed by atoms with Crippen LogP contribution in [0.15, 0.2) is 17.0 Å². The first-order chi connectivity index (χ1) is 7.79. The topological polar surface area (TPSA) is 83.5 Å². The van der Waals surface area contributed by atoms with Crippen LogP contribution in [0, 0.1) is 5.82 Å². The first-order valence-electron chi connectivity index (χ1n) is 4.51. The van der Waals surface area contributed by atoms with E-state index in [4.69, 9.17) is 16.7 Å². The van der Waals surface area contributed by atoms with E-state index in [9.17, 15) is 17.6 Å². The van der Waals surface area contributed by atoms with Crippen molar-refractivity contribution in [2.24, 2.45) is 0 Å². The SMILES string of the molecule is CCNS(=O)(=O)c1cc(Cl)cc(C(=O)O)c1F. The number of sulfonamides is 1. The number of carboxylic acids is 1. The van der Waals surface area contributed by atoms with E-state index >= 15 is 0 Å². The second-order valence-corrected chi connectivity index (χ2v) is 5.24. The molecular weight excluding hydrogens is 273 g/mol. The maximum Gasteiger partial charge on any atom is 0.338 e. The van der Waals surface area contributed by atoms with E-state index < -0.39 is 32.3 Å². The molecule has 2 N–H and O–H groups in total. The average molecular weight is 282 g/mol. The van der Waals surface area contributed by atoms with E-state index in [2.05, 4.69) is 4.72 Å². The summed E-state index contributed by atoms with van der Waals surface area (Å²) in [6.45, 7) is 1.56.